The highest BCUT2D eigenvalue weighted by Gasteiger charge is 2.20. The third-order valence-corrected chi connectivity index (χ3v) is 3.49. The average Bonchev–Trinajstić information content (AvgIpc) is 2.39. The summed E-state index contributed by atoms with van der Waals surface area (Å²) in [5.74, 6) is 1.83. The Morgan fingerprint density at radius 2 is 2.16 bits per heavy atom. The second-order valence-corrected chi connectivity index (χ2v) is 5.03. The molecule has 0 aromatic heterocycles. The van der Waals surface area contributed by atoms with Gasteiger partial charge in [0.25, 0.3) is 0 Å². The van der Waals surface area contributed by atoms with Crippen molar-refractivity contribution in [3.05, 3.63) is 23.8 Å². The normalized spacial score (nSPS) is 22.7. The average molecular weight is 285 g/mol. The summed E-state index contributed by atoms with van der Waals surface area (Å²) < 4.78 is 11.4. The highest BCUT2D eigenvalue weighted by Crippen LogP contribution is 2.34. The topological polar surface area (TPSA) is 33.7 Å². The Bertz CT molecular complexity index is 428. The second kappa shape index (κ2) is 6.46. The van der Waals surface area contributed by atoms with Crippen LogP contribution in [0, 0.1) is 0 Å². The zero-order valence-corrected chi connectivity index (χ0v) is 12.0. The molecule has 1 fully saturated rings. The van der Waals surface area contributed by atoms with E-state index in [-0.39, 0.29) is 12.4 Å². The standard InChI is InChI=1S/C14H20N2O2.ClH/c1-11-9-16(6-5-15-11)10-12-3-2-4-13-14(12)18-8-7-17-13;/h2-4,11,15H,5-10H2,1H3;1H/t11-;/m1./s1. The van der Waals surface area contributed by atoms with E-state index in [1.54, 1.807) is 0 Å². The minimum Gasteiger partial charge on any atom is -0.486 e. The summed E-state index contributed by atoms with van der Waals surface area (Å²) in [5.41, 5.74) is 1.24. The molecule has 106 valence electrons. The molecular formula is C14H21ClN2O2. The predicted octanol–water partition coefficient (Wildman–Crippen LogP) is 1.67. The van der Waals surface area contributed by atoms with Gasteiger partial charge in [0.1, 0.15) is 13.2 Å². The number of ether oxygens (including phenoxy) is 2. The van der Waals surface area contributed by atoms with Crippen LogP contribution >= 0.6 is 12.4 Å². The Morgan fingerprint density at radius 1 is 1.32 bits per heavy atom. The van der Waals surface area contributed by atoms with E-state index < -0.39 is 0 Å². The molecule has 0 radical (unpaired) electrons. The first kappa shape index (κ1) is 14.4. The molecular weight excluding hydrogens is 264 g/mol. The second-order valence-electron chi connectivity index (χ2n) is 5.03. The molecule has 5 heteroatoms. The Morgan fingerprint density at radius 3 is 3.00 bits per heavy atom. The lowest BCUT2D eigenvalue weighted by atomic mass is 10.1. The number of rotatable bonds is 2. The molecule has 0 saturated carbocycles. The number of fused-ring (bicyclic) bond motifs is 1. The van der Waals surface area contributed by atoms with Gasteiger partial charge < -0.3 is 14.8 Å². The van der Waals surface area contributed by atoms with Crippen molar-refractivity contribution in [1.29, 1.82) is 0 Å². The summed E-state index contributed by atoms with van der Waals surface area (Å²) in [6.45, 7) is 7.72. The Labute approximate surface area is 120 Å². The van der Waals surface area contributed by atoms with Crippen LogP contribution in [0.25, 0.3) is 0 Å². The van der Waals surface area contributed by atoms with Gasteiger partial charge in [-0.15, -0.1) is 12.4 Å². The molecule has 19 heavy (non-hydrogen) atoms. The van der Waals surface area contributed by atoms with Gasteiger partial charge in [-0.2, -0.15) is 0 Å². The monoisotopic (exact) mass is 284 g/mol. The Kier molecular flexibility index (Phi) is 4.91. The number of hydrogen-bond donors (Lipinski definition) is 1. The summed E-state index contributed by atoms with van der Waals surface area (Å²) in [6.07, 6.45) is 0. The third-order valence-electron chi connectivity index (χ3n) is 3.49. The molecule has 0 unspecified atom stereocenters. The van der Waals surface area contributed by atoms with Crippen LogP contribution in [0.5, 0.6) is 11.5 Å². The minimum atomic E-state index is 0. The van der Waals surface area contributed by atoms with E-state index in [1.165, 1.54) is 5.56 Å². The molecule has 0 spiro atoms. The predicted molar refractivity (Wildman–Crippen MR) is 77.4 cm³/mol. The number of benzene rings is 1. The fourth-order valence-corrected chi connectivity index (χ4v) is 2.66. The van der Waals surface area contributed by atoms with E-state index in [9.17, 15) is 0 Å². The largest absolute Gasteiger partial charge is 0.486 e. The van der Waals surface area contributed by atoms with E-state index in [0.29, 0.717) is 19.3 Å². The van der Waals surface area contributed by atoms with Gasteiger partial charge in [0.15, 0.2) is 11.5 Å². The van der Waals surface area contributed by atoms with Gasteiger partial charge in [0.2, 0.25) is 0 Å². The summed E-state index contributed by atoms with van der Waals surface area (Å²) in [5, 5.41) is 3.46. The van der Waals surface area contributed by atoms with Gasteiger partial charge in [0.05, 0.1) is 0 Å². The van der Waals surface area contributed by atoms with Crippen molar-refractivity contribution >= 4 is 12.4 Å². The van der Waals surface area contributed by atoms with Gasteiger partial charge in [-0.25, -0.2) is 0 Å². The molecule has 0 aliphatic carbocycles. The minimum absolute atomic E-state index is 0. The molecule has 1 aromatic rings. The fourth-order valence-electron chi connectivity index (χ4n) is 2.66. The maximum atomic E-state index is 5.76. The van der Waals surface area contributed by atoms with Crippen molar-refractivity contribution in [1.82, 2.24) is 10.2 Å². The van der Waals surface area contributed by atoms with Crippen molar-refractivity contribution in [2.24, 2.45) is 0 Å². The Hall–Kier alpha value is -0.970. The van der Waals surface area contributed by atoms with Crippen LogP contribution in [0.1, 0.15) is 12.5 Å². The van der Waals surface area contributed by atoms with Gasteiger partial charge in [0, 0.05) is 37.8 Å². The molecule has 2 heterocycles. The molecule has 1 saturated heterocycles. The van der Waals surface area contributed by atoms with Crippen LogP contribution in [0.4, 0.5) is 0 Å². The quantitative estimate of drug-likeness (QED) is 0.896. The first-order valence-electron chi connectivity index (χ1n) is 6.66. The molecule has 3 rings (SSSR count). The van der Waals surface area contributed by atoms with Gasteiger partial charge in [-0.3, -0.25) is 4.90 Å². The number of para-hydroxylation sites is 1. The number of piperazine rings is 1. The molecule has 4 nitrogen and oxygen atoms in total. The van der Waals surface area contributed by atoms with Crippen LogP contribution in [-0.2, 0) is 6.54 Å². The van der Waals surface area contributed by atoms with Crippen LogP contribution in [0.15, 0.2) is 18.2 Å². The van der Waals surface area contributed by atoms with Gasteiger partial charge in [-0.1, -0.05) is 12.1 Å². The van der Waals surface area contributed by atoms with E-state index in [1.807, 2.05) is 6.07 Å². The molecule has 2 aliphatic rings. The Balaban J connectivity index is 0.00000133. The van der Waals surface area contributed by atoms with E-state index >= 15 is 0 Å². The first-order valence-corrected chi connectivity index (χ1v) is 6.66. The van der Waals surface area contributed by atoms with Crippen molar-refractivity contribution in [3.8, 4) is 11.5 Å². The lowest BCUT2D eigenvalue weighted by Crippen LogP contribution is -2.48. The third kappa shape index (κ3) is 3.32. The first-order chi connectivity index (χ1) is 8.83. The molecule has 2 aliphatic heterocycles. The summed E-state index contributed by atoms with van der Waals surface area (Å²) in [7, 11) is 0. The number of halogens is 1. The van der Waals surface area contributed by atoms with E-state index in [4.69, 9.17) is 9.47 Å². The SMILES string of the molecule is C[C@@H]1CN(Cc2cccc3c2OCCO3)CCN1.Cl. The maximum absolute atomic E-state index is 5.76. The lowest BCUT2D eigenvalue weighted by molar-refractivity contribution is 0.162. The van der Waals surface area contributed by atoms with E-state index in [2.05, 4.69) is 29.3 Å². The van der Waals surface area contributed by atoms with Crippen LogP contribution in [0.2, 0.25) is 0 Å². The van der Waals surface area contributed by atoms with Crippen LogP contribution < -0.4 is 14.8 Å². The highest BCUT2D eigenvalue weighted by atomic mass is 35.5. The number of nitrogens with one attached hydrogen (secondary N) is 1. The van der Waals surface area contributed by atoms with Gasteiger partial charge in [-0.05, 0) is 13.0 Å². The summed E-state index contributed by atoms with van der Waals surface area (Å²) in [6, 6.07) is 6.74. The van der Waals surface area contributed by atoms with Crippen molar-refractivity contribution in [3.63, 3.8) is 0 Å². The maximum Gasteiger partial charge on any atom is 0.165 e. The summed E-state index contributed by atoms with van der Waals surface area (Å²) >= 11 is 0. The zero-order valence-electron chi connectivity index (χ0n) is 11.2. The van der Waals surface area contributed by atoms with Crippen molar-refractivity contribution in [2.45, 2.75) is 19.5 Å². The van der Waals surface area contributed by atoms with Gasteiger partial charge >= 0.3 is 0 Å². The fraction of sp³-hybridized carbons (Fsp3) is 0.571. The van der Waals surface area contributed by atoms with Crippen LogP contribution in [0.3, 0.4) is 0 Å². The summed E-state index contributed by atoms with van der Waals surface area (Å²) in [4.78, 5) is 2.47. The number of nitrogens with zero attached hydrogens (tertiary/aromatic N) is 1. The highest BCUT2D eigenvalue weighted by molar-refractivity contribution is 5.85. The van der Waals surface area contributed by atoms with E-state index in [0.717, 1.165) is 37.7 Å². The zero-order chi connectivity index (χ0) is 12.4. The smallest absolute Gasteiger partial charge is 0.165 e. The molecule has 1 atom stereocenters. The van der Waals surface area contributed by atoms with Crippen LogP contribution in [-0.4, -0.2) is 43.8 Å². The van der Waals surface area contributed by atoms with Crippen molar-refractivity contribution in [2.75, 3.05) is 32.8 Å². The molecule has 1 N–H and O–H groups in total. The lowest BCUT2D eigenvalue weighted by Gasteiger charge is -2.32. The molecule has 0 amide bonds. The molecule has 1 aromatic carbocycles. The van der Waals surface area contributed by atoms with Crippen molar-refractivity contribution < 1.29 is 9.47 Å². The molecule has 0 bridgehead atoms. The number of hydrogen-bond acceptors (Lipinski definition) is 4.